The summed E-state index contributed by atoms with van der Waals surface area (Å²) in [6.45, 7) is 7.74. The van der Waals surface area contributed by atoms with E-state index >= 15 is 0 Å². The zero-order valence-corrected chi connectivity index (χ0v) is 34.5. The predicted octanol–water partition coefficient (Wildman–Crippen LogP) is 7.94. The summed E-state index contributed by atoms with van der Waals surface area (Å²) in [6.07, 6.45) is 0.724. The number of nitrogens with one attached hydrogen (secondary N) is 2. The summed E-state index contributed by atoms with van der Waals surface area (Å²) in [5.41, 5.74) is 3.75. The zero-order chi connectivity index (χ0) is 41.4. The van der Waals surface area contributed by atoms with Crippen molar-refractivity contribution in [1.29, 1.82) is 0 Å². The van der Waals surface area contributed by atoms with Crippen LogP contribution in [0.15, 0.2) is 114 Å². The minimum atomic E-state index is -4.55. The third-order valence-corrected chi connectivity index (χ3v) is 12.3. The summed E-state index contributed by atoms with van der Waals surface area (Å²) in [7, 11) is -4.55. The first-order valence-electron chi connectivity index (χ1n) is 19.3. The van der Waals surface area contributed by atoms with E-state index in [1.54, 1.807) is 36.4 Å². The largest absolute Gasteiger partial charge is 0.456 e. The van der Waals surface area contributed by atoms with E-state index in [9.17, 15) is 23.3 Å². The molecule has 0 radical (unpaired) electrons. The highest BCUT2D eigenvalue weighted by molar-refractivity contribution is 7.90. The van der Waals surface area contributed by atoms with Gasteiger partial charge in [-0.05, 0) is 84.3 Å². The minimum absolute atomic E-state index is 0.0499. The second-order valence-corrected chi connectivity index (χ2v) is 16.8. The number of nitro groups is 1. The molecule has 2 fully saturated rings. The van der Waals surface area contributed by atoms with Gasteiger partial charge < -0.3 is 19.7 Å². The van der Waals surface area contributed by atoms with Crippen molar-refractivity contribution in [3.63, 3.8) is 0 Å². The lowest BCUT2D eigenvalue weighted by molar-refractivity contribution is -0.384. The highest BCUT2D eigenvalue weighted by Crippen LogP contribution is 2.34. The van der Waals surface area contributed by atoms with Crippen molar-refractivity contribution >= 4 is 56.2 Å². The molecule has 13 nitrogen and oxygen atoms in total. The van der Waals surface area contributed by atoms with Crippen molar-refractivity contribution in [3.05, 3.63) is 140 Å². The number of amides is 1. The molecule has 16 heteroatoms. The second-order valence-electron chi connectivity index (χ2n) is 14.2. The standard InChI is InChI=1S/C43H44Cl2N6O7S/c44-32-10-13-34(14-11-32)58-42-28-33(50-22-20-49(21-23-50)30-38-36(8-4-9-39(38)45)31-6-2-1-3-7-31)12-16-37(42)43(52)47-59(55,56)35-15-17-40(41(29-35)51(53)54)46-18-5-19-48-24-26-57-27-25-48/h1-4,6-17,28-29,46H,5,18-27,30H2,(H,47,52). The second kappa shape index (κ2) is 19.2. The van der Waals surface area contributed by atoms with E-state index in [1.807, 2.05) is 30.3 Å². The molecule has 2 saturated heterocycles. The summed E-state index contributed by atoms with van der Waals surface area (Å²) in [6, 6.07) is 31.2. The number of ether oxygens (including phenoxy) is 2. The topological polar surface area (TPSA) is 147 Å². The van der Waals surface area contributed by atoms with Gasteiger partial charge in [0, 0.05) is 80.2 Å². The van der Waals surface area contributed by atoms with Gasteiger partial charge in [0.05, 0.1) is 28.6 Å². The quantitative estimate of drug-likeness (QED) is 0.0601. The summed E-state index contributed by atoms with van der Waals surface area (Å²) >= 11 is 12.8. The number of nitro benzene ring substituents is 1. The highest BCUT2D eigenvalue weighted by atomic mass is 35.5. The van der Waals surface area contributed by atoms with Crippen LogP contribution >= 0.6 is 23.2 Å². The Kier molecular flexibility index (Phi) is 13.7. The molecule has 0 unspecified atom stereocenters. The Morgan fingerprint density at radius 2 is 1.58 bits per heavy atom. The number of hydrogen-bond acceptors (Lipinski definition) is 11. The number of sulfonamides is 1. The van der Waals surface area contributed by atoms with Gasteiger partial charge in [-0.25, -0.2) is 13.1 Å². The van der Waals surface area contributed by atoms with Gasteiger partial charge in [0.2, 0.25) is 0 Å². The van der Waals surface area contributed by atoms with E-state index in [2.05, 4.69) is 42.9 Å². The minimum Gasteiger partial charge on any atom is -0.456 e. The van der Waals surface area contributed by atoms with Crippen LogP contribution in [0.5, 0.6) is 11.5 Å². The SMILES string of the molecule is O=C(NS(=O)(=O)c1ccc(NCCCN2CCOCC2)c([N+](=O)[O-])c1)c1ccc(N2CCN(Cc3c(Cl)cccc3-c3ccccc3)CC2)cc1Oc1ccc(Cl)cc1. The molecule has 2 aliphatic rings. The Balaban J connectivity index is 1.05. The Labute approximate surface area is 353 Å². The molecule has 0 saturated carbocycles. The molecule has 7 rings (SSSR count). The number of benzene rings is 5. The third kappa shape index (κ3) is 10.7. The van der Waals surface area contributed by atoms with Crippen molar-refractivity contribution in [2.45, 2.75) is 17.9 Å². The highest BCUT2D eigenvalue weighted by Gasteiger charge is 2.27. The fraction of sp³-hybridized carbons (Fsp3) is 0.279. The Morgan fingerprint density at radius 1 is 0.831 bits per heavy atom. The van der Waals surface area contributed by atoms with Crippen molar-refractivity contribution < 1.29 is 27.6 Å². The van der Waals surface area contributed by atoms with Crippen molar-refractivity contribution in [3.8, 4) is 22.6 Å². The van der Waals surface area contributed by atoms with Crippen molar-refractivity contribution in [2.24, 2.45) is 0 Å². The number of piperazine rings is 1. The molecule has 1 amide bonds. The normalized spacial score (nSPS) is 15.1. The number of hydrogen-bond donors (Lipinski definition) is 2. The van der Waals surface area contributed by atoms with E-state index < -0.39 is 31.4 Å². The van der Waals surface area contributed by atoms with Crippen LogP contribution in [0.4, 0.5) is 17.1 Å². The Hall–Kier alpha value is -5.22. The van der Waals surface area contributed by atoms with Crippen molar-refractivity contribution in [1.82, 2.24) is 14.5 Å². The lowest BCUT2D eigenvalue weighted by Crippen LogP contribution is -2.46. The van der Waals surface area contributed by atoms with Gasteiger partial charge in [-0.15, -0.1) is 0 Å². The van der Waals surface area contributed by atoms with Crippen LogP contribution in [0, 0.1) is 10.1 Å². The number of nitrogens with zero attached hydrogens (tertiary/aromatic N) is 4. The van der Waals surface area contributed by atoms with Crippen LogP contribution in [0.3, 0.4) is 0 Å². The van der Waals surface area contributed by atoms with Crippen LogP contribution in [-0.4, -0.2) is 94.6 Å². The Bertz CT molecular complexity index is 2370. The van der Waals surface area contributed by atoms with E-state index in [1.165, 1.54) is 18.2 Å². The molecule has 0 aliphatic carbocycles. The van der Waals surface area contributed by atoms with Gasteiger partial charge in [0.25, 0.3) is 21.6 Å². The number of carbonyl (C=O) groups is 1. The van der Waals surface area contributed by atoms with Gasteiger partial charge in [-0.3, -0.25) is 24.7 Å². The molecule has 308 valence electrons. The molecule has 2 N–H and O–H groups in total. The average Bonchev–Trinajstić information content (AvgIpc) is 3.24. The van der Waals surface area contributed by atoms with Crippen LogP contribution in [0.1, 0.15) is 22.3 Å². The predicted molar refractivity (Wildman–Crippen MR) is 230 cm³/mol. The van der Waals surface area contributed by atoms with E-state index in [4.69, 9.17) is 32.7 Å². The molecule has 0 aromatic heterocycles. The molecule has 0 spiro atoms. The molecule has 5 aromatic rings. The summed E-state index contributed by atoms with van der Waals surface area (Å²) in [5, 5.41) is 16.3. The lowest BCUT2D eigenvalue weighted by atomic mass is 9.99. The molecule has 0 atom stereocenters. The fourth-order valence-corrected chi connectivity index (χ4v) is 8.52. The molecule has 2 aliphatic heterocycles. The van der Waals surface area contributed by atoms with Gasteiger partial charge in [-0.2, -0.15) is 0 Å². The number of morpholine rings is 1. The summed E-state index contributed by atoms with van der Waals surface area (Å²) < 4.78 is 40.8. The fourth-order valence-electron chi connectivity index (χ4n) is 7.17. The molecule has 2 heterocycles. The maximum atomic E-state index is 13.8. The smallest absolute Gasteiger partial charge is 0.293 e. The summed E-state index contributed by atoms with van der Waals surface area (Å²) in [5.74, 6) is -0.468. The molecule has 0 bridgehead atoms. The Morgan fingerprint density at radius 3 is 2.31 bits per heavy atom. The lowest BCUT2D eigenvalue weighted by Gasteiger charge is -2.36. The first-order valence-corrected chi connectivity index (χ1v) is 21.5. The van der Waals surface area contributed by atoms with Crippen LogP contribution < -0.4 is 19.7 Å². The van der Waals surface area contributed by atoms with E-state index in [0.717, 1.165) is 67.6 Å². The maximum Gasteiger partial charge on any atom is 0.293 e. The molecular formula is C43H44Cl2N6O7S. The molecular weight excluding hydrogens is 815 g/mol. The van der Waals surface area contributed by atoms with Gasteiger partial charge in [-0.1, -0.05) is 65.7 Å². The van der Waals surface area contributed by atoms with Crippen LogP contribution in [0.25, 0.3) is 11.1 Å². The zero-order valence-electron chi connectivity index (χ0n) is 32.2. The average molecular weight is 860 g/mol. The van der Waals surface area contributed by atoms with Crippen LogP contribution in [0.2, 0.25) is 10.0 Å². The number of rotatable bonds is 15. The maximum absolute atomic E-state index is 13.8. The number of anilines is 2. The van der Waals surface area contributed by atoms with Gasteiger partial charge in [0.1, 0.15) is 17.2 Å². The first-order chi connectivity index (χ1) is 28.5. The van der Waals surface area contributed by atoms with Gasteiger partial charge in [0.15, 0.2) is 0 Å². The summed E-state index contributed by atoms with van der Waals surface area (Å²) in [4.78, 5) is 31.5. The first kappa shape index (κ1) is 41.9. The molecule has 5 aromatic carbocycles. The van der Waals surface area contributed by atoms with Gasteiger partial charge >= 0.3 is 0 Å². The molecule has 59 heavy (non-hydrogen) atoms. The van der Waals surface area contributed by atoms with Crippen LogP contribution in [-0.2, 0) is 21.3 Å². The van der Waals surface area contributed by atoms with E-state index in [-0.39, 0.29) is 17.0 Å². The third-order valence-electron chi connectivity index (χ3n) is 10.3. The monoisotopic (exact) mass is 858 g/mol. The number of halogens is 2. The van der Waals surface area contributed by atoms with Crippen molar-refractivity contribution in [2.75, 3.05) is 75.8 Å². The van der Waals surface area contributed by atoms with E-state index in [0.29, 0.717) is 55.2 Å². The number of carbonyl (C=O) groups excluding carboxylic acids is 1.